The fraction of sp³-hybridized carbons (Fsp3) is 0.611. The van der Waals surface area contributed by atoms with Crippen LogP contribution in [0.2, 0.25) is 0 Å². The van der Waals surface area contributed by atoms with Crippen molar-refractivity contribution >= 4 is 28.3 Å². The van der Waals surface area contributed by atoms with Crippen molar-refractivity contribution < 1.29 is 13.2 Å². The van der Waals surface area contributed by atoms with Crippen molar-refractivity contribution in [3.8, 4) is 0 Å². The molecule has 3 rings (SSSR count). The highest BCUT2D eigenvalue weighted by Gasteiger charge is 2.26. The summed E-state index contributed by atoms with van der Waals surface area (Å²) in [5.74, 6) is -0.221. The summed E-state index contributed by atoms with van der Waals surface area (Å²) in [6.45, 7) is 2.68. The van der Waals surface area contributed by atoms with Crippen LogP contribution in [-0.2, 0) is 10.0 Å². The van der Waals surface area contributed by atoms with E-state index in [0.29, 0.717) is 31.2 Å². The van der Waals surface area contributed by atoms with Crippen LogP contribution in [0.25, 0.3) is 0 Å². The molecule has 2 heterocycles. The Bertz CT molecular complexity index is 697. The van der Waals surface area contributed by atoms with Gasteiger partial charge in [0.15, 0.2) is 0 Å². The van der Waals surface area contributed by atoms with Gasteiger partial charge in [-0.1, -0.05) is 18.9 Å². The van der Waals surface area contributed by atoms with Crippen LogP contribution in [0.4, 0.5) is 0 Å². The lowest BCUT2D eigenvalue weighted by Crippen LogP contribution is -2.37. The first-order chi connectivity index (χ1) is 12.1. The highest BCUT2D eigenvalue weighted by Crippen LogP contribution is 2.21. The van der Waals surface area contributed by atoms with E-state index < -0.39 is 10.0 Å². The number of carbonyl (C=O) groups excluding carboxylic acids is 1. The summed E-state index contributed by atoms with van der Waals surface area (Å²) in [5, 5.41) is 6.23. The predicted octanol–water partition coefficient (Wildman–Crippen LogP) is 2.15. The van der Waals surface area contributed by atoms with Crippen molar-refractivity contribution in [2.45, 2.75) is 49.5 Å². The van der Waals surface area contributed by atoms with Gasteiger partial charge in [-0.3, -0.25) is 4.79 Å². The molecule has 1 aromatic rings. The third kappa shape index (κ3) is 5.19. The van der Waals surface area contributed by atoms with Gasteiger partial charge in [-0.15, -0.1) is 12.4 Å². The zero-order valence-corrected chi connectivity index (χ0v) is 16.6. The summed E-state index contributed by atoms with van der Waals surface area (Å²) in [6.07, 6.45) is 6.13. The standard InChI is InChI=1S/C18H27N3O3S.ClH/c22-18(20-14-16-8-6-10-19-16)15-7-5-9-17(13-15)25(23,24)21-11-3-1-2-4-12-21;/h5,7,9,13,16,19H,1-4,6,8,10-12,14H2,(H,20,22);1H. The van der Waals surface area contributed by atoms with Gasteiger partial charge in [-0.25, -0.2) is 8.42 Å². The number of hydrogen-bond acceptors (Lipinski definition) is 4. The number of hydrogen-bond donors (Lipinski definition) is 2. The molecule has 0 saturated carbocycles. The Morgan fingerprint density at radius 3 is 2.54 bits per heavy atom. The molecule has 2 N–H and O–H groups in total. The lowest BCUT2D eigenvalue weighted by Gasteiger charge is -2.20. The highest BCUT2D eigenvalue weighted by atomic mass is 35.5. The summed E-state index contributed by atoms with van der Waals surface area (Å²) >= 11 is 0. The minimum atomic E-state index is -3.53. The van der Waals surface area contributed by atoms with Crippen LogP contribution in [0.1, 0.15) is 48.9 Å². The van der Waals surface area contributed by atoms with E-state index in [9.17, 15) is 13.2 Å². The zero-order valence-electron chi connectivity index (χ0n) is 14.9. The van der Waals surface area contributed by atoms with E-state index in [-0.39, 0.29) is 23.2 Å². The number of amides is 1. The number of nitrogens with zero attached hydrogens (tertiary/aromatic N) is 1. The Labute approximate surface area is 162 Å². The second kappa shape index (κ2) is 9.69. The smallest absolute Gasteiger partial charge is 0.251 e. The van der Waals surface area contributed by atoms with Crippen molar-refractivity contribution in [2.24, 2.45) is 0 Å². The molecule has 2 fully saturated rings. The second-order valence-electron chi connectivity index (χ2n) is 6.85. The first-order valence-corrected chi connectivity index (χ1v) is 10.6. The average Bonchev–Trinajstić information content (AvgIpc) is 2.99. The Balaban J connectivity index is 0.00000243. The van der Waals surface area contributed by atoms with Crippen LogP contribution in [0.5, 0.6) is 0 Å². The van der Waals surface area contributed by atoms with Crippen molar-refractivity contribution in [2.75, 3.05) is 26.2 Å². The van der Waals surface area contributed by atoms with E-state index in [2.05, 4.69) is 10.6 Å². The quantitative estimate of drug-likeness (QED) is 0.792. The molecule has 8 heteroatoms. The van der Waals surface area contributed by atoms with Crippen molar-refractivity contribution in [1.82, 2.24) is 14.9 Å². The molecule has 0 bridgehead atoms. The molecule has 146 valence electrons. The van der Waals surface area contributed by atoms with E-state index >= 15 is 0 Å². The van der Waals surface area contributed by atoms with E-state index in [4.69, 9.17) is 0 Å². The van der Waals surface area contributed by atoms with E-state index in [1.807, 2.05) is 0 Å². The first-order valence-electron chi connectivity index (χ1n) is 9.19. The van der Waals surface area contributed by atoms with Gasteiger partial charge in [0, 0.05) is 31.2 Å². The normalized spacial score (nSPS) is 21.6. The van der Waals surface area contributed by atoms with Crippen LogP contribution in [-0.4, -0.2) is 50.9 Å². The minimum Gasteiger partial charge on any atom is -0.350 e. The molecule has 2 saturated heterocycles. The van der Waals surface area contributed by atoms with Gasteiger partial charge in [0.05, 0.1) is 4.90 Å². The lowest BCUT2D eigenvalue weighted by molar-refractivity contribution is 0.0950. The summed E-state index contributed by atoms with van der Waals surface area (Å²) in [4.78, 5) is 12.6. The third-order valence-electron chi connectivity index (χ3n) is 4.97. The molecule has 1 aromatic carbocycles. The lowest BCUT2D eigenvalue weighted by atomic mass is 10.2. The molecule has 1 atom stereocenters. The number of benzene rings is 1. The maximum Gasteiger partial charge on any atom is 0.251 e. The maximum atomic E-state index is 12.9. The van der Waals surface area contributed by atoms with Gasteiger partial charge in [0.2, 0.25) is 10.0 Å². The number of rotatable bonds is 5. The van der Waals surface area contributed by atoms with Crippen molar-refractivity contribution in [1.29, 1.82) is 0 Å². The molecule has 26 heavy (non-hydrogen) atoms. The average molecular weight is 402 g/mol. The topological polar surface area (TPSA) is 78.5 Å². The van der Waals surface area contributed by atoms with Crippen molar-refractivity contribution in [3.63, 3.8) is 0 Å². The van der Waals surface area contributed by atoms with Gasteiger partial charge in [0.25, 0.3) is 5.91 Å². The summed E-state index contributed by atoms with van der Waals surface area (Å²) < 4.78 is 27.3. The number of nitrogens with one attached hydrogen (secondary N) is 2. The van der Waals surface area contributed by atoms with Gasteiger partial charge in [-0.05, 0) is 50.4 Å². The van der Waals surface area contributed by atoms with Gasteiger partial charge in [0.1, 0.15) is 0 Å². The van der Waals surface area contributed by atoms with Crippen LogP contribution in [0, 0.1) is 0 Å². The van der Waals surface area contributed by atoms with Gasteiger partial charge >= 0.3 is 0 Å². The maximum absolute atomic E-state index is 12.9. The molecule has 1 unspecified atom stereocenters. The van der Waals surface area contributed by atoms with Gasteiger partial charge < -0.3 is 10.6 Å². The Kier molecular flexibility index (Phi) is 7.88. The summed E-state index contributed by atoms with van der Waals surface area (Å²) in [6, 6.07) is 6.70. The monoisotopic (exact) mass is 401 g/mol. The predicted molar refractivity (Wildman–Crippen MR) is 104 cm³/mol. The van der Waals surface area contributed by atoms with Crippen LogP contribution < -0.4 is 10.6 Å². The third-order valence-corrected chi connectivity index (χ3v) is 6.87. The second-order valence-corrected chi connectivity index (χ2v) is 8.79. The largest absolute Gasteiger partial charge is 0.350 e. The van der Waals surface area contributed by atoms with E-state index in [1.165, 1.54) is 6.07 Å². The minimum absolute atomic E-state index is 0. The van der Waals surface area contributed by atoms with E-state index in [0.717, 1.165) is 45.1 Å². The highest BCUT2D eigenvalue weighted by molar-refractivity contribution is 7.89. The summed E-state index contributed by atoms with van der Waals surface area (Å²) in [7, 11) is -3.53. The Hall–Kier alpha value is -1.15. The zero-order chi connectivity index (χ0) is 17.7. The Morgan fingerprint density at radius 1 is 1.15 bits per heavy atom. The molecule has 0 spiro atoms. The van der Waals surface area contributed by atoms with Crippen LogP contribution in [0.15, 0.2) is 29.2 Å². The first kappa shape index (κ1) is 21.2. The van der Waals surface area contributed by atoms with Gasteiger partial charge in [-0.2, -0.15) is 4.31 Å². The number of halogens is 1. The fourth-order valence-corrected chi connectivity index (χ4v) is 5.04. The SMILES string of the molecule is Cl.O=C(NCC1CCCN1)c1cccc(S(=O)(=O)N2CCCCCC2)c1. The van der Waals surface area contributed by atoms with Crippen LogP contribution >= 0.6 is 12.4 Å². The fourth-order valence-electron chi connectivity index (χ4n) is 3.48. The molecule has 1 amide bonds. The van der Waals surface area contributed by atoms with Crippen molar-refractivity contribution in [3.05, 3.63) is 29.8 Å². The molecular weight excluding hydrogens is 374 g/mol. The number of carbonyl (C=O) groups is 1. The summed E-state index contributed by atoms with van der Waals surface area (Å²) in [5.41, 5.74) is 0.397. The van der Waals surface area contributed by atoms with Crippen LogP contribution in [0.3, 0.4) is 0 Å². The molecule has 2 aliphatic rings. The molecule has 0 radical (unpaired) electrons. The number of sulfonamides is 1. The molecular formula is C18H28ClN3O3S. The molecule has 0 aromatic heterocycles. The molecule has 2 aliphatic heterocycles. The molecule has 6 nitrogen and oxygen atoms in total. The Morgan fingerprint density at radius 2 is 1.88 bits per heavy atom. The molecule has 0 aliphatic carbocycles. The van der Waals surface area contributed by atoms with E-state index in [1.54, 1.807) is 22.5 Å².